The molecular formula is C23H24N4O5S. The molecule has 33 heavy (non-hydrogen) atoms. The minimum absolute atomic E-state index is 0.0435. The lowest BCUT2D eigenvalue weighted by Crippen LogP contribution is -2.26. The van der Waals surface area contributed by atoms with Crippen molar-refractivity contribution in [2.75, 3.05) is 11.8 Å². The van der Waals surface area contributed by atoms with Gasteiger partial charge >= 0.3 is 0 Å². The maximum atomic E-state index is 13.3. The van der Waals surface area contributed by atoms with E-state index in [2.05, 4.69) is 15.0 Å². The van der Waals surface area contributed by atoms with Gasteiger partial charge in [-0.1, -0.05) is 11.2 Å². The highest BCUT2D eigenvalue weighted by molar-refractivity contribution is 7.92. The molecule has 1 aliphatic rings. The summed E-state index contributed by atoms with van der Waals surface area (Å²) >= 11 is 0. The second-order valence-corrected chi connectivity index (χ2v) is 9.78. The molecule has 4 aromatic rings. The number of rotatable bonds is 8. The van der Waals surface area contributed by atoms with Crippen LogP contribution in [0.4, 0.5) is 5.82 Å². The van der Waals surface area contributed by atoms with Crippen LogP contribution in [0.2, 0.25) is 0 Å². The summed E-state index contributed by atoms with van der Waals surface area (Å²) in [5.41, 5.74) is 2.20. The van der Waals surface area contributed by atoms with Crippen molar-refractivity contribution in [2.24, 2.45) is 0 Å². The molecule has 1 N–H and O–H groups in total. The number of ether oxygens (including phenoxy) is 2. The molecule has 0 spiro atoms. The van der Waals surface area contributed by atoms with Crippen LogP contribution >= 0.6 is 0 Å². The molecule has 5 rings (SSSR count). The van der Waals surface area contributed by atoms with Crippen LogP contribution in [0.25, 0.3) is 11.0 Å². The first-order valence-corrected chi connectivity index (χ1v) is 12.1. The maximum absolute atomic E-state index is 13.3. The van der Waals surface area contributed by atoms with Gasteiger partial charge in [-0.3, -0.25) is 9.40 Å². The molecule has 0 radical (unpaired) electrons. The van der Waals surface area contributed by atoms with Crippen LogP contribution in [0.1, 0.15) is 30.4 Å². The Morgan fingerprint density at radius 3 is 2.76 bits per heavy atom. The Bertz CT molecular complexity index is 1390. The lowest BCUT2D eigenvalue weighted by atomic mass is 9.96. The molecule has 0 bridgehead atoms. The number of sulfonamides is 1. The predicted octanol–water partition coefficient (Wildman–Crippen LogP) is 4.12. The number of methoxy groups -OCH3 is 1. The largest absolute Gasteiger partial charge is 0.496 e. The fraction of sp³-hybridized carbons (Fsp3) is 0.304. The number of hydrogen-bond donors (Lipinski definition) is 1. The first-order valence-electron chi connectivity index (χ1n) is 10.7. The number of hydrogen-bond acceptors (Lipinski definition) is 7. The average molecular weight is 469 g/mol. The van der Waals surface area contributed by atoms with Crippen molar-refractivity contribution in [3.05, 3.63) is 59.9 Å². The van der Waals surface area contributed by atoms with E-state index in [1.165, 1.54) is 7.11 Å². The third kappa shape index (κ3) is 4.25. The zero-order valence-electron chi connectivity index (χ0n) is 18.3. The maximum Gasteiger partial charge on any atom is 0.266 e. The molecule has 0 saturated heterocycles. The number of nitrogens with one attached hydrogen (secondary N) is 1. The van der Waals surface area contributed by atoms with Gasteiger partial charge in [0, 0.05) is 12.4 Å². The predicted molar refractivity (Wildman–Crippen MR) is 122 cm³/mol. The number of benzene rings is 2. The highest BCUT2D eigenvalue weighted by Crippen LogP contribution is 2.36. The highest BCUT2D eigenvalue weighted by Gasteiger charge is 2.27. The van der Waals surface area contributed by atoms with E-state index in [4.69, 9.17) is 14.0 Å². The second kappa shape index (κ2) is 8.43. The molecule has 0 amide bonds. The van der Waals surface area contributed by atoms with E-state index in [1.807, 2.05) is 25.3 Å². The van der Waals surface area contributed by atoms with E-state index >= 15 is 0 Å². The highest BCUT2D eigenvalue weighted by atomic mass is 32.2. The Balaban J connectivity index is 1.49. The van der Waals surface area contributed by atoms with E-state index in [9.17, 15) is 8.42 Å². The fourth-order valence-electron chi connectivity index (χ4n) is 3.77. The minimum Gasteiger partial charge on any atom is -0.496 e. The van der Waals surface area contributed by atoms with E-state index in [1.54, 1.807) is 35.1 Å². The molecule has 1 fully saturated rings. The molecule has 172 valence electrons. The van der Waals surface area contributed by atoms with Crippen LogP contribution < -0.4 is 14.2 Å². The van der Waals surface area contributed by atoms with Crippen molar-refractivity contribution in [2.45, 2.75) is 43.7 Å². The Labute approximate surface area is 191 Å². The monoisotopic (exact) mass is 468 g/mol. The van der Waals surface area contributed by atoms with Gasteiger partial charge in [-0.2, -0.15) is 5.10 Å². The normalized spacial score (nSPS) is 14.2. The number of fused-ring (bicyclic) bond motifs is 1. The SMILES string of the molecule is COc1cc(Cn2cccn2)cc2onc(NS(=O)(=O)c3ccc(C)cc3OC3CCC3)c12. The van der Waals surface area contributed by atoms with Crippen molar-refractivity contribution < 1.29 is 22.4 Å². The van der Waals surface area contributed by atoms with Gasteiger partial charge in [0.15, 0.2) is 11.4 Å². The van der Waals surface area contributed by atoms with Crippen LogP contribution in [0.3, 0.4) is 0 Å². The van der Waals surface area contributed by atoms with Gasteiger partial charge < -0.3 is 14.0 Å². The molecule has 2 heterocycles. The van der Waals surface area contributed by atoms with Crippen LogP contribution in [0.15, 0.2) is 58.2 Å². The summed E-state index contributed by atoms with van der Waals surface area (Å²) in [4.78, 5) is 0.0606. The van der Waals surface area contributed by atoms with Gasteiger partial charge in [0.1, 0.15) is 21.8 Å². The third-order valence-electron chi connectivity index (χ3n) is 5.69. The second-order valence-electron chi connectivity index (χ2n) is 8.13. The molecule has 1 aliphatic carbocycles. The van der Waals surface area contributed by atoms with Crippen molar-refractivity contribution in [3.63, 3.8) is 0 Å². The molecule has 2 aromatic heterocycles. The molecule has 0 atom stereocenters. The molecule has 1 saturated carbocycles. The first kappa shape index (κ1) is 21.3. The summed E-state index contributed by atoms with van der Waals surface area (Å²) in [6, 6.07) is 10.5. The molecule has 9 nitrogen and oxygen atoms in total. The molecule has 0 aliphatic heterocycles. The Morgan fingerprint density at radius 2 is 2.06 bits per heavy atom. The van der Waals surface area contributed by atoms with Crippen LogP contribution in [-0.2, 0) is 16.6 Å². The van der Waals surface area contributed by atoms with Gasteiger partial charge in [0.05, 0.1) is 19.8 Å². The Hall–Kier alpha value is -3.53. The van der Waals surface area contributed by atoms with Gasteiger partial charge in [-0.25, -0.2) is 8.42 Å². The van der Waals surface area contributed by atoms with Gasteiger partial charge in [0.2, 0.25) is 0 Å². The van der Waals surface area contributed by atoms with Gasteiger partial charge in [-0.05, 0) is 67.6 Å². The van der Waals surface area contributed by atoms with Crippen LogP contribution in [0, 0.1) is 6.92 Å². The average Bonchev–Trinajstić information content (AvgIpc) is 3.40. The standard InChI is InChI=1S/C23H24N4O5S/c1-15-7-8-21(18(11-15)31-17-5-3-6-17)33(28,29)26-23-22-19(30-2)12-16(13-20(22)32-25-23)14-27-10-4-9-24-27/h4,7-13,17H,3,5-6,14H2,1-2H3,(H,25,26). The molecule has 0 unspecified atom stereocenters. The number of aromatic nitrogens is 3. The van der Waals surface area contributed by atoms with E-state index in [0.29, 0.717) is 29.0 Å². The van der Waals surface area contributed by atoms with Crippen LogP contribution in [0.5, 0.6) is 11.5 Å². The minimum atomic E-state index is -4.00. The Morgan fingerprint density at radius 1 is 1.21 bits per heavy atom. The van der Waals surface area contributed by atoms with E-state index in [-0.39, 0.29) is 16.8 Å². The van der Waals surface area contributed by atoms with E-state index < -0.39 is 10.0 Å². The zero-order chi connectivity index (χ0) is 23.0. The molecular weight excluding hydrogens is 444 g/mol. The van der Waals surface area contributed by atoms with Crippen molar-refractivity contribution in [1.29, 1.82) is 0 Å². The van der Waals surface area contributed by atoms with Crippen LogP contribution in [-0.4, -0.2) is 36.6 Å². The number of anilines is 1. The van der Waals surface area contributed by atoms with Gasteiger partial charge in [0.25, 0.3) is 10.0 Å². The smallest absolute Gasteiger partial charge is 0.266 e. The summed E-state index contributed by atoms with van der Waals surface area (Å²) in [6.07, 6.45) is 6.53. The number of nitrogens with zero attached hydrogens (tertiary/aromatic N) is 3. The summed E-state index contributed by atoms with van der Waals surface area (Å²) < 4.78 is 47.9. The van der Waals surface area contributed by atoms with E-state index in [0.717, 1.165) is 30.4 Å². The van der Waals surface area contributed by atoms with Crippen molar-refractivity contribution in [1.82, 2.24) is 14.9 Å². The fourth-order valence-corrected chi connectivity index (χ4v) is 4.90. The van der Waals surface area contributed by atoms with Crippen molar-refractivity contribution >= 4 is 26.8 Å². The molecule has 10 heteroatoms. The quantitative estimate of drug-likeness (QED) is 0.414. The molecule has 2 aromatic carbocycles. The van der Waals surface area contributed by atoms with Gasteiger partial charge in [-0.15, -0.1) is 0 Å². The summed E-state index contributed by atoms with van der Waals surface area (Å²) in [5, 5.41) is 8.63. The lowest BCUT2D eigenvalue weighted by molar-refractivity contribution is 0.116. The number of aryl methyl sites for hydroxylation is 1. The summed E-state index contributed by atoms with van der Waals surface area (Å²) in [5.74, 6) is 0.847. The third-order valence-corrected chi connectivity index (χ3v) is 7.07. The summed E-state index contributed by atoms with van der Waals surface area (Å²) in [7, 11) is -2.48. The lowest BCUT2D eigenvalue weighted by Gasteiger charge is -2.27. The van der Waals surface area contributed by atoms with Crippen molar-refractivity contribution in [3.8, 4) is 11.5 Å². The Kier molecular flexibility index (Phi) is 5.45. The topological polar surface area (TPSA) is 108 Å². The zero-order valence-corrected chi connectivity index (χ0v) is 19.1. The first-order chi connectivity index (χ1) is 15.9. The summed E-state index contributed by atoms with van der Waals surface area (Å²) in [6.45, 7) is 2.40.